The molecule has 0 radical (unpaired) electrons. The van der Waals surface area contributed by atoms with Crippen LogP contribution in [0.4, 0.5) is 0 Å². The average molecular weight is 177 g/mol. The fourth-order valence-electron chi connectivity index (χ4n) is 1.26. The van der Waals surface area contributed by atoms with Gasteiger partial charge in [-0.25, -0.2) is 0 Å². The van der Waals surface area contributed by atoms with Gasteiger partial charge in [-0.05, 0) is 11.1 Å². The average Bonchev–Trinajstić information content (AvgIpc) is 2.21. The monoisotopic (exact) mass is 177 g/mol. The van der Waals surface area contributed by atoms with Gasteiger partial charge in [-0.1, -0.05) is 60.7 Å². The summed E-state index contributed by atoms with van der Waals surface area (Å²) < 4.78 is 0. The molecule has 0 N–H and O–H groups in total. The number of hydrogen-bond acceptors (Lipinski definition) is 0. The first kappa shape index (κ1) is 10.5. The van der Waals surface area contributed by atoms with E-state index >= 15 is 0 Å². The molecule has 2 aromatic carbocycles. The van der Waals surface area contributed by atoms with Crippen LogP contribution in [0.3, 0.4) is 0 Å². The van der Waals surface area contributed by atoms with Crippen molar-refractivity contribution in [3.05, 3.63) is 60.7 Å². The third-order valence-corrected chi connectivity index (χ3v) is 1.88. The Hall–Kier alpha value is -0.560. The van der Waals surface area contributed by atoms with Gasteiger partial charge in [0.2, 0.25) is 0 Å². The predicted octanol–water partition coefficient (Wildman–Crippen LogP) is 0.358. The van der Waals surface area contributed by atoms with Crippen molar-refractivity contribution in [1.29, 1.82) is 0 Å². The standard InChI is InChI=1S/C12H10.Na/c1-3-7-11(8-4-1)12-9-5-2-6-10-12;/h1-10H;/q;+1. The van der Waals surface area contributed by atoms with Crippen LogP contribution in [0.1, 0.15) is 0 Å². The second kappa shape index (κ2) is 5.23. The van der Waals surface area contributed by atoms with Gasteiger partial charge >= 0.3 is 29.6 Å². The molecule has 0 aliphatic rings. The third-order valence-electron chi connectivity index (χ3n) is 1.88. The molecule has 0 fully saturated rings. The van der Waals surface area contributed by atoms with Crippen molar-refractivity contribution in [3.8, 4) is 11.1 Å². The summed E-state index contributed by atoms with van der Waals surface area (Å²) in [5, 5.41) is 0. The molecule has 0 bridgehead atoms. The molecule has 0 aliphatic heterocycles. The Bertz CT molecular complexity index is 303. The molecular formula is C12H10Na+. The molecule has 0 aliphatic carbocycles. The zero-order chi connectivity index (χ0) is 8.23. The second-order valence-corrected chi connectivity index (χ2v) is 2.73. The van der Waals surface area contributed by atoms with E-state index < -0.39 is 0 Å². The molecule has 0 aromatic heterocycles. The van der Waals surface area contributed by atoms with Crippen molar-refractivity contribution in [1.82, 2.24) is 0 Å². The summed E-state index contributed by atoms with van der Waals surface area (Å²) in [6.45, 7) is 0. The van der Waals surface area contributed by atoms with E-state index in [-0.39, 0.29) is 29.6 Å². The first-order chi connectivity index (χ1) is 5.97. The summed E-state index contributed by atoms with van der Waals surface area (Å²) in [5.74, 6) is 0. The zero-order valence-corrected chi connectivity index (χ0v) is 9.77. The van der Waals surface area contributed by atoms with Crippen LogP contribution >= 0.6 is 0 Å². The van der Waals surface area contributed by atoms with Crippen LogP contribution < -0.4 is 29.6 Å². The van der Waals surface area contributed by atoms with Gasteiger partial charge in [0.25, 0.3) is 0 Å². The van der Waals surface area contributed by atoms with Crippen LogP contribution in [0.15, 0.2) is 60.7 Å². The van der Waals surface area contributed by atoms with Crippen LogP contribution in [-0.2, 0) is 0 Å². The van der Waals surface area contributed by atoms with Crippen LogP contribution in [0.5, 0.6) is 0 Å². The Morgan fingerprint density at radius 2 is 0.769 bits per heavy atom. The summed E-state index contributed by atoms with van der Waals surface area (Å²) in [6, 6.07) is 20.8. The van der Waals surface area contributed by atoms with Crippen molar-refractivity contribution in [2.75, 3.05) is 0 Å². The molecule has 0 amide bonds. The normalized spacial score (nSPS) is 8.92. The van der Waals surface area contributed by atoms with E-state index in [0.717, 1.165) is 0 Å². The van der Waals surface area contributed by atoms with Gasteiger partial charge in [-0.2, -0.15) is 0 Å². The zero-order valence-electron chi connectivity index (χ0n) is 7.77. The quantitative estimate of drug-likeness (QED) is 0.552. The van der Waals surface area contributed by atoms with Gasteiger partial charge in [0.15, 0.2) is 0 Å². The van der Waals surface area contributed by atoms with Gasteiger partial charge in [-0.3, -0.25) is 0 Å². The van der Waals surface area contributed by atoms with E-state index in [9.17, 15) is 0 Å². The fourth-order valence-corrected chi connectivity index (χ4v) is 1.26. The molecule has 0 spiro atoms. The van der Waals surface area contributed by atoms with E-state index in [2.05, 4.69) is 48.5 Å². The van der Waals surface area contributed by atoms with E-state index in [4.69, 9.17) is 0 Å². The van der Waals surface area contributed by atoms with E-state index in [0.29, 0.717) is 0 Å². The second-order valence-electron chi connectivity index (χ2n) is 2.73. The van der Waals surface area contributed by atoms with Crippen molar-refractivity contribution in [2.24, 2.45) is 0 Å². The Morgan fingerprint density at radius 3 is 1.08 bits per heavy atom. The van der Waals surface area contributed by atoms with Crippen molar-refractivity contribution in [2.45, 2.75) is 0 Å². The first-order valence-electron chi connectivity index (χ1n) is 4.07. The fraction of sp³-hybridized carbons (Fsp3) is 0. The number of benzene rings is 2. The van der Waals surface area contributed by atoms with Crippen molar-refractivity contribution < 1.29 is 29.6 Å². The third kappa shape index (κ3) is 2.70. The summed E-state index contributed by atoms with van der Waals surface area (Å²) >= 11 is 0. The van der Waals surface area contributed by atoms with Crippen molar-refractivity contribution in [3.63, 3.8) is 0 Å². The predicted molar refractivity (Wildman–Crippen MR) is 51.9 cm³/mol. The summed E-state index contributed by atoms with van der Waals surface area (Å²) in [5.41, 5.74) is 2.55. The molecule has 1 heteroatoms. The van der Waals surface area contributed by atoms with Crippen molar-refractivity contribution >= 4 is 0 Å². The van der Waals surface area contributed by atoms with Crippen LogP contribution in [0.25, 0.3) is 11.1 Å². The molecule has 58 valence electrons. The van der Waals surface area contributed by atoms with Gasteiger partial charge < -0.3 is 0 Å². The molecule has 2 aromatic rings. The van der Waals surface area contributed by atoms with Crippen LogP contribution in [-0.4, -0.2) is 0 Å². The maximum atomic E-state index is 2.12. The minimum Gasteiger partial charge on any atom is -0.0622 e. The molecule has 13 heavy (non-hydrogen) atoms. The van der Waals surface area contributed by atoms with E-state index in [1.54, 1.807) is 0 Å². The summed E-state index contributed by atoms with van der Waals surface area (Å²) in [4.78, 5) is 0. The Balaban J connectivity index is 0.000000845. The minimum atomic E-state index is 0. The molecule has 0 heterocycles. The topological polar surface area (TPSA) is 0 Å². The summed E-state index contributed by atoms with van der Waals surface area (Å²) in [7, 11) is 0. The first-order valence-corrected chi connectivity index (χ1v) is 4.07. The van der Waals surface area contributed by atoms with Gasteiger partial charge in [-0.15, -0.1) is 0 Å². The smallest absolute Gasteiger partial charge is 0.0622 e. The largest absolute Gasteiger partial charge is 1.00 e. The SMILES string of the molecule is [Na+].c1ccc(-c2ccccc2)cc1. The molecule has 0 nitrogen and oxygen atoms in total. The Labute approximate surface area is 101 Å². The van der Waals surface area contributed by atoms with Gasteiger partial charge in [0, 0.05) is 0 Å². The molecule has 0 saturated carbocycles. The Kier molecular flexibility index (Phi) is 4.23. The number of rotatable bonds is 1. The molecule has 2 rings (SSSR count). The van der Waals surface area contributed by atoms with Crippen LogP contribution in [0, 0.1) is 0 Å². The summed E-state index contributed by atoms with van der Waals surface area (Å²) in [6.07, 6.45) is 0. The Morgan fingerprint density at radius 1 is 0.462 bits per heavy atom. The minimum absolute atomic E-state index is 0. The molecule has 0 saturated heterocycles. The molecule has 0 atom stereocenters. The number of hydrogen-bond donors (Lipinski definition) is 0. The maximum Gasteiger partial charge on any atom is 1.00 e. The van der Waals surface area contributed by atoms with E-state index in [1.165, 1.54) is 11.1 Å². The van der Waals surface area contributed by atoms with E-state index in [1.807, 2.05) is 12.1 Å². The van der Waals surface area contributed by atoms with Crippen LogP contribution in [0.2, 0.25) is 0 Å². The maximum absolute atomic E-state index is 2.12. The molecular weight excluding hydrogens is 167 g/mol. The van der Waals surface area contributed by atoms with Gasteiger partial charge in [0.05, 0.1) is 0 Å². The van der Waals surface area contributed by atoms with Gasteiger partial charge in [0.1, 0.15) is 0 Å². The molecule has 0 unspecified atom stereocenters.